The molecule has 3 aromatic rings. The number of anilines is 1. The number of hydrogen-bond donors (Lipinski definition) is 3. The number of carboxylic acid groups (broad SMARTS) is 1. The van der Waals surface area contributed by atoms with Crippen molar-refractivity contribution < 1.29 is 24.5 Å². The number of phenolic OH excluding ortho intramolecular Hbond substituents is 1. The fourth-order valence-electron chi connectivity index (χ4n) is 3.52. The van der Waals surface area contributed by atoms with Gasteiger partial charge in [-0.15, -0.1) is 0 Å². The van der Waals surface area contributed by atoms with Gasteiger partial charge in [-0.25, -0.2) is 9.59 Å². The molecule has 0 aromatic heterocycles. The zero-order chi connectivity index (χ0) is 23.1. The van der Waals surface area contributed by atoms with Gasteiger partial charge in [0.15, 0.2) is 0 Å². The van der Waals surface area contributed by atoms with Gasteiger partial charge in [0.25, 0.3) is 0 Å². The second-order valence-electron chi connectivity index (χ2n) is 7.48. The normalized spacial score (nSPS) is 13.1. The lowest BCUT2D eigenvalue weighted by molar-refractivity contribution is -0.131. The minimum Gasteiger partial charge on any atom is -0.508 e. The number of nitrogens with one attached hydrogen (secondary N) is 1. The number of carboxylic acids is 1. The number of aromatic hydroxyl groups is 1. The van der Waals surface area contributed by atoms with E-state index in [0.717, 1.165) is 20.4 Å². The fraction of sp³-hybridized carbons (Fsp3) is 0.200. The number of hydrogen-bond acceptors (Lipinski definition) is 4. The summed E-state index contributed by atoms with van der Waals surface area (Å²) in [6.45, 7) is 1.91. The maximum Gasteiger partial charge on any atom is 0.412 e. The molecule has 32 heavy (non-hydrogen) atoms. The zero-order valence-electron chi connectivity index (χ0n) is 17.5. The summed E-state index contributed by atoms with van der Waals surface area (Å²) in [5.74, 6) is -1.13. The van der Waals surface area contributed by atoms with E-state index in [0.29, 0.717) is 24.1 Å². The molecule has 2 atom stereocenters. The first kappa shape index (κ1) is 23.6. The van der Waals surface area contributed by atoms with Gasteiger partial charge in [-0.1, -0.05) is 49.4 Å². The molecule has 3 N–H and O–H groups in total. The minimum atomic E-state index is -1.00. The Hall–Kier alpha value is -3.07. The number of aliphatic carboxylic acids is 1. The Morgan fingerprint density at radius 2 is 1.88 bits per heavy atom. The molecule has 0 aliphatic heterocycles. The highest BCUT2D eigenvalue weighted by Crippen LogP contribution is 2.36. The summed E-state index contributed by atoms with van der Waals surface area (Å²) < 4.78 is 6.71. The van der Waals surface area contributed by atoms with Crippen LogP contribution in [0.5, 0.6) is 5.75 Å². The first-order chi connectivity index (χ1) is 15.3. The highest BCUT2D eigenvalue weighted by molar-refractivity contribution is 14.1. The lowest BCUT2D eigenvalue weighted by atomic mass is 9.92. The van der Waals surface area contributed by atoms with E-state index < -0.39 is 18.2 Å². The predicted molar refractivity (Wildman–Crippen MR) is 133 cm³/mol. The van der Waals surface area contributed by atoms with Gasteiger partial charge in [-0.05, 0) is 71.0 Å². The summed E-state index contributed by atoms with van der Waals surface area (Å²) in [5.41, 5.74) is 1.15. The van der Waals surface area contributed by atoms with Gasteiger partial charge in [0.1, 0.15) is 11.9 Å². The molecule has 0 unspecified atom stereocenters. The van der Waals surface area contributed by atoms with E-state index in [2.05, 4.69) is 27.9 Å². The molecule has 0 aliphatic carbocycles. The van der Waals surface area contributed by atoms with Crippen LogP contribution in [0.25, 0.3) is 10.8 Å². The van der Waals surface area contributed by atoms with Crippen LogP contribution >= 0.6 is 22.6 Å². The lowest BCUT2D eigenvalue weighted by Crippen LogP contribution is -2.22. The molecule has 1 amide bonds. The summed E-state index contributed by atoms with van der Waals surface area (Å²) in [5, 5.41) is 23.9. The summed E-state index contributed by atoms with van der Waals surface area (Å²) in [6, 6.07) is 18.5. The van der Waals surface area contributed by atoms with Gasteiger partial charge < -0.3 is 14.9 Å². The summed E-state index contributed by atoms with van der Waals surface area (Å²) in [7, 11) is 0. The third kappa shape index (κ3) is 6.23. The molecule has 0 heterocycles. The molecule has 3 rings (SSSR count). The molecular formula is C25H24INO5. The zero-order valence-corrected chi connectivity index (χ0v) is 19.7. The maximum absolute atomic E-state index is 12.9. The highest BCUT2D eigenvalue weighted by atomic mass is 127. The van der Waals surface area contributed by atoms with Crippen LogP contribution in [0, 0.1) is 9.49 Å². The van der Waals surface area contributed by atoms with Crippen LogP contribution in [0.3, 0.4) is 0 Å². The summed E-state index contributed by atoms with van der Waals surface area (Å²) >= 11 is 2.14. The Labute approximate surface area is 200 Å². The molecule has 0 bridgehead atoms. The number of rotatable bonds is 8. The Kier molecular flexibility index (Phi) is 8.10. The molecule has 0 saturated heterocycles. The highest BCUT2D eigenvalue weighted by Gasteiger charge is 2.26. The van der Waals surface area contributed by atoms with Gasteiger partial charge in [0.05, 0.1) is 5.69 Å². The molecule has 0 spiro atoms. The van der Waals surface area contributed by atoms with E-state index in [9.17, 15) is 14.7 Å². The van der Waals surface area contributed by atoms with Crippen molar-refractivity contribution in [3.05, 3.63) is 81.9 Å². The van der Waals surface area contributed by atoms with Crippen molar-refractivity contribution in [3.63, 3.8) is 0 Å². The maximum atomic E-state index is 12.9. The number of fused-ring (bicyclic) bond motifs is 1. The first-order valence-electron chi connectivity index (χ1n) is 10.2. The third-order valence-corrected chi connectivity index (χ3v) is 5.79. The van der Waals surface area contributed by atoms with E-state index in [1.807, 2.05) is 49.4 Å². The molecule has 0 aliphatic rings. The number of halogens is 1. The second kappa shape index (κ2) is 11.0. The molecule has 0 radical (unpaired) electrons. The molecule has 6 nitrogen and oxygen atoms in total. The Morgan fingerprint density at radius 1 is 1.12 bits per heavy atom. The van der Waals surface area contributed by atoms with Crippen LogP contribution in [-0.4, -0.2) is 22.3 Å². The van der Waals surface area contributed by atoms with E-state index in [4.69, 9.17) is 9.84 Å². The number of allylic oxidation sites excluding steroid dienone is 1. The van der Waals surface area contributed by atoms with Crippen molar-refractivity contribution in [3.8, 4) is 5.75 Å². The summed E-state index contributed by atoms with van der Waals surface area (Å²) in [6.07, 6.45) is 2.40. The van der Waals surface area contributed by atoms with E-state index in [1.165, 1.54) is 0 Å². The van der Waals surface area contributed by atoms with Crippen LogP contribution in [-0.2, 0) is 9.53 Å². The van der Waals surface area contributed by atoms with Crippen molar-refractivity contribution in [2.75, 3.05) is 5.32 Å². The van der Waals surface area contributed by atoms with E-state index >= 15 is 0 Å². The van der Waals surface area contributed by atoms with Crippen LogP contribution in [0.1, 0.15) is 31.4 Å². The van der Waals surface area contributed by atoms with Crippen molar-refractivity contribution >= 4 is 51.1 Å². The predicted octanol–water partition coefficient (Wildman–Crippen LogP) is 6.50. The number of phenols is 1. The average molecular weight is 545 g/mol. The Morgan fingerprint density at radius 3 is 2.66 bits per heavy atom. The molecule has 0 saturated carbocycles. The molecular weight excluding hydrogens is 521 g/mol. The summed E-state index contributed by atoms with van der Waals surface area (Å²) in [4.78, 5) is 23.5. The number of carbonyl (C=O) groups is 2. The lowest BCUT2D eigenvalue weighted by Gasteiger charge is -2.25. The van der Waals surface area contributed by atoms with Gasteiger partial charge in [-0.2, -0.15) is 0 Å². The largest absolute Gasteiger partial charge is 0.508 e. The second-order valence-corrected chi connectivity index (χ2v) is 8.72. The van der Waals surface area contributed by atoms with Crippen molar-refractivity contribution in [2.24, 2.45) is 5.92 Å². The van der Waals surface area contributed by atoms with Crippen molar-refractivity contribution in [1.29, 1.82) is 0 Å². The quantitative estimate of drug-likeness (QED) is 0.222. The number of ether oxygens (including phenoxy) is 1. The first-order valence-corrected chi connectivity index (χ1v) is 11.3. The smallest absolute Gasteiger partial charge is 0.412 e. The molecule has 3 aromatic carbocycles. The average Bonchev–Trinajstić information content (AvgIpc) is 2.77. The van der Waals surface area contributed by atoms with Crippen molar-refractivity contribution in [1.82, 2.24) is 0 Å². The van der Waals surface area contributed by atoms with E-state index in [1.54, 1.807) is 24.3 Å². The Bertz CT molecular complexity index is 1140. The minimum absolute atomic E-state index is 0.0429. The van der Waals surface area contributed by atoms with Crippen LogP contribution in [0.15, 0.2) is 72.8 Å². The topological polar surface area (TPSA) is 95.9 Å². The SMILES string of the molecule is C[C@H](CC/C=C/C(=O)O)[C@H](OC(=O)Nc1cccc2ccccc12)c1cc(I)ccc1O. The number of amides is 1. The Balaban J connectivity index is 1.81. The molecule has 7 heteroatoms. The fourth-order valence-corrected chi connectivity index (χ4v) is 4.04. The monoisotopic (exact) mass is 545 g/mol. The standard InChI is InChI=1S/C25H24INO5/c1-16(7-2-5-12-23(29)30)24(20-15-18(26)13-14-22(20)28)32-25(31)27-21-11-6-9-17-8-3-4-10-19(17)21/h3-6,8-16,24,28H,2,7H2,1H3,(H,27,31)(H,29,30)/b12-5+/t16-,24+/m1/s1. The van der Waals surface area contributed by atoms with Gasteiger partial charge in [0.2, 0.25) is 0 Å². The number of benzene rings is 3. The van der Waals surface area contributed by atoms with Crippen LogP contribution in [0.2, 0.25) is 0 Å². The van der Waals surface area contributed by atoms with Gasteiger partial charge >= 0.3 is 12.1 Å². The molecule has 166 valence electrons. The van der Waals surface area contributed by atoms with Crippen LogP contribution < -0.4 is 5.32 Å². The molecule has 0 fully saturated rings. The van der Waals surface area contributed by atoms with Gasteiger partial charge in [0, 0.05) is 20.6 Å². The van der Waals surface area contributed by atoms with Gasteiger partial charge in [-0.3, -0.25) is 5.32 Å². The third-order valence-electron chi connectivity index (χ3n) is 5.12. The van der Waals surface area contributed by atoms with Crippen LogP contribution in [0.4, 0.5) is 10.5 Å². The number of carbonyl (C=O) groups excluding carboxylic acids is 1. The van der Waals surface area contributed by atoms with E-state index in [-0.39, 0.29) is 11.7 Å². The van der Waals surface area contributed by atoms with Crippen molar-refractivity contribution in [2.45, 2.75) is 25.9 Å².